The maximum atomic E-state index is 13.3. The number of imide groups is 1. The molecule has 2 heterocycles. The van der Waals surface area contributed by atoms with Crippen LogP contribution in [-0.2, 0) is 14.4 Å². The number of halogens is 1. The summed E-state index contributed by atoms with van der Waals surface area (Å²) in [5.74, 6) is -2.64. The van der Waals surface area contributed by atoms with Gasteiger partial charge in [0, 0.05) is 16.0 Å². The summed E-state index contributed by atoms with van der Waals surface area (Å²) >= 11 is 3.34. The van der Waals surface area contributed by atoms with Crippen LogP contribution in [0.5, 0.6) is 5.75 Å². The van der Waals surface area contributed by atoms with E-state index in [0.29, 0.717) is 11.4 Å². The van der Waals surface area contributed by atoms with Crippen molar-refractivity contribution >= 4 is 39.4 Å². The molecule has 2 aliphatic rings. The van der Waals surface area contributed by atoms with Crippen LogP contribution in [0.2, 0.25) is 0 Å². The van der Waals surface area contributed by atoms with Crippen molar-refractivity contribution in [2.75, 3.05) is 4.90 Å². The Morgan fingerprint density at radius 3 is 2.35 bits per heavy atom. The number of nitrogens with zero attached hydrogens (tertiary/aromatic N) is 1. The Labute approximate surface area is 159 Å². The topological polar surface area (TPSA) is 63.7 Å². The van der Waals surface area contributed by atoms with E-state index in [1.54, 1.807) is 50.2 Å². The molecular formula is C20H16BrNO4. The van der Waals surface area contributed by atoms with E-state index in [0.717, 1.165) is 14.9 Å². The average Bonchev–Trinajstić information content (AvgIpc) is 2.61. The minimum atomic E-state index is -1.04. The number of carbonyl (C=O) groups is 3. The van der Waals surface area contributed by atoms with Gasteiger partial charge in [0.25, 0.3) is 0 Å². The van der Waals surface area contributed by atoms with Crippen molar-refractivity contribution < 1.29 is 19.1 Å². The van der Waals surface area contributed by atoms with Crippen molar-refractivity contribution in [3.63, 3.8) is 0 Å². The monoisotopic (exact) mass is 413 g/mol. The highest BCUT2D eigenvalue weighted by Gasteiger charge is 2.59. The first-order valence-corrected chi connectivity index (χ1v) is 9.06. The molecule has 2 atom stereocenters. The van der Waals surface area contributed by atoms with Gasteiger partial charge in [-0.2, -0.15) is 0 Å². The number of carbonyl (C=O) groups excluding carboxylic acids is 3. The third-order valence-corrected chi connectivity index (χ3v) is 5.68. The predicted octanol–water partition coefficient (Wildman–Crippen LogP) is 3.67. The van der Waals surface area contributed by atoms with Gasteiger partial charge in [-0.15, -0.1) is 0 Å². The number of piperidine rings is 1. The molecule has 0 spiro atoms. The van der Waals surface area contributed by atoms with Crippen molar-refractivity contribution in [2.45, 2.75) is 19.8 Å². The van der Waals surface area contributed by atoms with E-state index in [1.165, 1.54) is 0 Å². The lowest BCUT2D eigenvalue weighted by molar-refractivity contribution is -0.154. The van der Waals surface area contributed by atoms with Crippen LogP contribution in [0.1, 0.15) is 25.3 Å². The van der Waals surface area contributed by atoms with Gasteiger partial charge in [-0.05, 0) is 30.3 Å². The SMILES string of the molecule is CC1(C)C(=O)N(c2ccc(Br)cc2)C(=O)[C@@H]2C(=O)Oc3ccccc3[C@H]21. The molecular weight excluding hydrogens is 398 g/mol. The molecule has 0 bridgehead atoms. The number of anilines is 1. The van der Waals surface area contributed by atoms with E-state index in [1.807, 2.05) is 12.1 Å². The molecule has 132 valence electrons. The van der Waals surface area contributed by atoms with E-state index in [9.17, 15) is 14.4 Å². The number of fused-ring (bicyclic) bond motifs is 3. The normalized spacial score (nSPS) is 24.0. The van der Waals surface area contributed by atoms with Crippen molar-refractivity contribution in [3.8, 4) is 5.75 Å². The lowest BCUT2D eigenvalue weighted by Crippen LogP contribution is -2.61. The van der Waals surface area contributed by atoms with Gasteiger partial charge < -0.3 is 4.74 Å². The molecule has 26 heavy (non-hydrogen) atoms. The summed E-state index contributed by atoms with van der Waals surface area (Å²) in [6, 6.07) is 14.0. The predicted molar refractivity (Wildman–Crippen MR) is 98.7 cm³/mol. The number of benzene rings is 2. The van der Waals surface area contributed by atoms with Gasteiger partial charge in [0.2, 0.25) is 11.8 Å². The molecule has 0 aliphatic carbocycles. The van der Waals surface area contributed by atoms with Gasteiger partial charge >= 0.3 is 5.97 Å². The first-order valence-electron chi connectivity index (χ1n) is 8.27. The minimum Gasteiger partial charge on any atom is -0.426 e. The Bertz CT molecular complexity index is 935. The fourth-order valence-electron chi connectivity index (χ4n) is 3.86. The molecule has 6 heteroatoms. The highest BCUT2D eigenvalue weighted by atomic mass is 79.9. The second-order valence-electron chi connectivity index (χ2n) is 7.09. The maximum Gasteiger partial charge on any atom is 0.324 e. The lowest BCUT2D eigenvalue weighted by atomic mass is 9.63. The van der Waals surface area contributed by atoms with E-state index in [2.05, 4.69) is 15.9 Å². The summed E-state index contributed by atoms with van der Waals surface area (Å²) in [6.45, 7) is 3.56. The number of para-hydroxylation sites is 1. The zero-order chi connectivity index (χ0) is 18.6. The molecule has 4 rings (SSSR count). The molecule has 5 nitrogen and oxygen atoms in total. The standard InChI is InChI=1S/C20H16BrNO4/c1-20(2)16-13-5-3-4-6-14(13)26-18(24)15(16)17(23)22(19(20)25)12-9-7-11(21)8-10-12/h3-10,15-16H,1-2H3/t15-,16-/m1/s1. The fourth-order valence-corrected chi connectivity index (χ4v) is 4.13. The van der Waals surface area contributed by atoms with E-state index in [4.69, 9.17) is 4.74 Å². The Hall–Kier alpha value is -2.47. The Morgan fingerprint density at radius 1 is 1.00 bits per heavy atom. The lowest BCUT2D eigenvalue weighted by Gasteiger charge is -2.47. The molecule has 2 aromatic rings. The first-order chi connectivity index (χ1) is 12.3. The smallest absolute Gasteiger partial charge is 0.324 e. The Morgan fingerprint density at radius 2 is 1.65 bits per heavy atom. The average molecular weight is 414 g/mol. The van der Waals surface area contributed by atoms with Gasteiger partial charge in [-0.1, -0.05) is 48.0 Å². The van der Waals surface area contributed by atoms with Crippen LogP contribution in [0, 0.1) is 11.3 Å². The highest BCUT2D eigenvalue weighted by Crippen LogP contribution is 2.52. The van der Waals surface area contributed by atoms with E-state index >= 15 is 0 Å². The molecule has 2 amide bonds. The van der Waals surface area contributed by atoms with E-state index in [-0.39, 0.29) is 5.91 Å². The molecule has 1 saturated heterocycles. The quantitative estimate of drug-likeness (QED) is 0.309. The molecule has 0 radical (unpaired) electrons. The number of hydrogen-bond acceptors (Lipinski definition) is 4. The number of ether oxygens (including phenoxy) is 1. The zero-order valence-corrected chi connectivity index (χ0v) is 15.8. The molecule has 0 N–H and O–H groups in total. The van der Waals surface area contributed by atoms with Crippen LogP contribution >= 0.6 is 15.9 Å². The Balaban J connectivity index is 1.87. The van der Waals surface area contributed by atoms with Gasteiger partial charge in [0.1, 0.15) is 11.7 Å². The second-order valence-corrected chi connectivity index (χ2v) is 8.01. The molecule has 2 aliphatic heterocycles. The van der Waals surface area contributed by atoms with Crippen LogP contribution in [0.25, 0.3) is 0 Å². The summed E-state index contributed by atoms with van der Waals surface area (Å²) < 4.78 is 6.23. The third kappa shape index (κ3) is 2.32. The van der Waals surface area contributed by atoms with Crippen LogP contribution in [0.3, 0.4) is 0 Å². The molecule has 0 unspecified atom stereocenters. The molecule has 0 saturated carbocycles. The zero-order valence-electron chi connectivity index (χ0n) is 14.2. The van der Waals surface area contributed by atoms with Crippen molar-refractivity contribution in [1.29, 1.82) is 0 Å². The largest absolute Gasteiger partial charge is 0.426 e. The number of hydrogen-bond donors (Lipinski definition) is 0. The Kier molecular flexibility index (Phi) is 3.77. The van der Waals surface area contributed by atoms with Gasteiger partial charge in [0.05, 0.1) is 11.1 Å². The van der Waals surface area contributed by atoms with E-state index < -0.39 is 29.1 Å². The minimum absolute atomic E-state index is 0.324. The third-order valence-electron chi connectivity index (χ3n) is 5.15. The number of rotatable bonds is 1. The van der Waals surface area contributed by atoms with Gasteiger partial charge in [-0.3, -0.25) is 14.4 Å². The van der Waals surface area contributed by atoms with Crippen LogP contribution < -0.4 is 9.64 Å². The number of esters is 1. The summed E-state index contributed by atoms with van der Waals surface area (Å²) in [4.78, 5) is 40.2. The van der Waals surface area contributed by atoms with Gasteiger partial charge in [0.15, 0.2) is 0 Å². The second kappa shape index (κ2) is 5.77. The summed E-state index contributed by atoms with van der Waals surface area (Å²) in [7, 11) is 0. The van der Waals surface area contributed by atoms with Gasteiger partial charge in [-0.25, -0.2) is 4.90 Å². The van der Waals surface area contributed by atoms with Crippen molar-refractivity contribution in [1.82, 2.24) is 0 Å². The van der Waals surface area contributed by atoms with Crippen LogP contribution in [-0.4, -0.2) is 17.8 Å². The molecule has 1 fully saturated rings. The maximum absolute atomic E-state index is 13.3. The molecule has 2 aromatic carbocycles. The van der Waals surface area contributed by atoms with Crippen molar-refractivity contribution in [2.24, 2.45) is 11.3 Å². The van der Waals surface area contributed by atoms with Crippen LogP contribution in [0.4, 0.5) is 5.69 Å². The summed E-state index contributed by atoms with van der Waals surface area (Å²) in [5.41, 5.74) is 0.224. The first kappa shape index (κ1) is 17.0. The fraction of sp³-hybridized carbons (Fsp3) is 0.250. The van der Waals surface area contributed by atoms with Crippen LogP contribution in [0.15, 0.2) is 53.0 Å². The van der Waals surface area contributed by atoms with Crippen molar-refractivity contribution in [3.05, 3.63) is 58.6 Å². The molecule has 0 aromatic heterocycles. The highest BCUT2D eigenvalue weighted by molar-refractivity contribution is 9.10. The summed E-state index contributed by atoms with van der Waals surface area (Å²) in [6.07, 6.45) is 0. The number of amides is 2. The summed E-state index contributed by atoms with van der Waals surface area (Å²) in [5, 5.41) is 0.